The lowest BCUT2D eigenvalue weighted by molar-refractivity contribution is -0.888. The molecule has 2 aliphatic heterocycles. The topological polar surface area (TPSA) is 136 Å². The Morgan fingerprint density at radius 1 is 0.606 bits per heavy atom. The van der Waals surface area contributed by atoms with Crippen molar-refractivity contribution in [1.82, 2.24) is 20.8 Å². The molecule has 10 atom stereocenters. The summed E-state index contributed by atoms with van der Waals surface area (Å²) in [4.78, 5) is 67.4. The molecule has 378 valence electrons. The van der Waals surface area contributed by atoms with Crippen molar-refractivity contribution in [2.75, 3.05) is 67.5 Å². The zero-order chi connectivity index (χ0) is 50.1. The molecule has 2 saturated heterocycles. The molecule has 2 aliphatic rings. The molecule has 14 nitrogen and oxygen atoms in total. The maximum Gasteiger partial charge on any atom is 0.338 e. The molecule has 1 aromatic rings. The lowest BCUT2D eigenvalue weighted by Gasteiger charge is -2.59. The van der Waals surface area contributed by atoms with Crippen LogP contribution in [0, 0.1) is 11.8 Å². The maximum atomic E-state index is 13.8. The summed E-state index contributed by atoms with van der Waals surface area (Å²) in [5, 5.41) is 10.2. The minimum Gasteiger partial charge on any atom is -0.458 e. The first-order chi connectivity index (χ1) is 30.7. The first-order valence-electron chi connectivity index (χ1n) is 25.3. The number of carbonyl (C=O) groups excluding carboxylic acids is 4. The fourth-order valence-corrected chi connectivity index (χ4v) is 9.69. The van der Waals surface area contributed by atoms with Crippen LogP contribution in [0.4, 0.5) is 0 Å². The summed E-state index contributed by atoms with van der Waals surface area (Å²) < 4.78 is 14.5. The van der Waals surface area contributed by atoms with E-state index in [4.69, 9.17) is 19.1 Å². The Morgan fingerprint density at radius 3 is 1.20 bits per heavy atom. The molecule has 0 aliphatic carbocycles. The van der Waals surface area contributed by atoms with Crippen molar-refractivity contribution in [1.29, 1.82) is 0 Å². The zero-order valence-electron chi connectivity index (χ0n) is 44.7. The van der Waals surface area contributed by atoms with Gasteiger partial charge in [0.15, 0.2) is 12.2 Å². The SMILES string of the molecule is CCC1(C)CC(OC(=O)c2ccc(C(=O)OC3CC(C)(CC)N(OC(C)C(=O)NCCC[N+](C)(C)CC)C(C)(CC)C3C)cc2)C(C)C(C)(CC)N1OC(C)C(=O)NCCC[N+](C)(C)CC. The highest BCUT2D eigenvalue weighted by molar-refractivity contribution is 5.93. The number of hydroxylamine groups is 4. The maximum absolute atomic E-state index is 13.8. The van der Waals surface area contributed by atoms with E-state index in [0.29, 0.717) is 62.7 Å². The Bertz CT molecular complexity index is 1630. The second kappa shape index (κ2) is 23.4. The molecule has 3 rings (SSSR count). The monoisotopic (exact) mass is 931 g/mol. The molecule has 0 spiro atoms. The molecule has 0 saturated carbocycles. The third-order valence-electron chi connectivity index (χ3n) is 16.6. The lowest BCUT2D eigenvalue weighted by atomic mass is 9.69. The fourth-order valence-electron chi connectivity index (χ4n) is 9.69. The molecular formula is C52H94N6O8+2. The predicted molar refractivity (Wildman–Crippen MR) is 262 cm³/mol. The normalized spacial score (nSPS) is 29.7. The average molecular weight is 931 g/mol. The minimum absolute atomic E-state index is 0.126. The molecule has 0 bridgehead atoms. The second-order valence-electron chi connectivity index (χ2n) is 21.9. The van der Waals surface area contributed by atoms with Gasteiger partial charge in [0.25, 0.3) is 11.8 Å². The number of piperidine rings is 2. The van der Waals surface area contributed by atoms with E-state index in [1.807, 2.05) is 10.1 Å². The average Bonchev–Trinajstić information content (AvgIpc) is 3.29. The van der Waals surface area contributed by atoms with Crippen molar-refractivity contribution in [3.05, 3.63) is 35.4 Å². The van der Waals surface area contributed by atoms with Crippen LogP contribution >= 0.6 is 0 Å². The van der Waals surface area contributed by atoms with Crippen LogP contribution in [-0.2, 0) is 28.7 Å². The highest BCUT2D eigenvalue weighted by atomic mass is 16.7. The van der Waals surface area contributed by atoms with E-state index in [1.54, 1.807) is 38.1 Å². The van der Waals surface area contributed by atoms with E-state index in [9.17, 15) is 19.2 Å². The molecule has 2 fully saturated rings. The molecule has 14 heteroatoms. The third-order valence-corrected chi connectivity index (χ3v) is 16.6. The molecule has 0 radical (unpaired) electrons. The number of nitrogens with one attached hydrogen (secondary N) is 2. The molecule has 10 unspecified atom stereocenters. The standard InChI is InChI=1S/C52H92N6O8/c1-19-49(11)35-43(37(7)51(13,21-3)55(49)65-39(9)45(59)53-31-25-33-57(15,16)23-5)63-47(61)41-27-29-42(30-28-41)48(62)64-44-36-50(12,20-2)56(52(14,22-4)38(44)8)66-40(10)46(60)54-32-26-34-58(17,18)24-6/h27-30,37-40,43-44H,19-26,31-36H2,1-18H3/p+2. The number of hydrogen-bond donors (Lipinski definition) is 2. The van der Waals surface area contributed by atoms with Crippen LogP contribution in [0.1, 0.15) is 169 Å². The molecule has 2 N–H and O–H groups in total. The predicted octanol–water partition coefficient (Wildman–Crippen LogP) is 7.94. The van der Waals surface area contributed by atoms with Crippen molar-refractivity contribution in [3.63, 3.8) is 0 Å². The Hall–Kier alpha value is -3.14. The van der Waals surface area contributed by atoms with E-state index < -0.39 is 58.5 Å². The zero-order valence-corrected chi connectivity index (χ0v) is 44.7. The van der Waals surface area contributed by atoms with Crippen molar-refractivity contribution < 1.29 is 47.3 Å². The number of carbonyl (C=O) groups is 4. The van der Waals surface area contributed by atoms with Gasteiger partial charge >= 0.3 is 11.9 Å². The van der Waals surface area contributed by atoms with Crippen LogP contribution < -0.4 is 10.6 Å². The van der Waals surface area contributed by atoms with E-state index in [1.165, 1.54) is 0 Å². The number of nitrogens with zero attached hydrogens (tertiary/aromatic N) is 4. The third kappa shape index (κ3) is 13.6. The van der Waals surface area contributed by atoms with Gasteiger partial charge < -0.3 is 29.1 Å². The van der Waals surface area contributed by atoms with E-state index in [0.717, 1.165) is 48.0 Å². The van der Waals surface area contributed by atoms with E-state index in [2.05, 4.69) is 122 Å². The smallest absolute Gasteiger partial charge is 0.338 e. The summed E-state index contributed by atoms with van der Waals surface area (Å²) in [6, 6.07) is 6.52. The quantitative estimate of drug-likeness (QED) is 0.0598. The number of amides is 2. The van der Waals surface area contributed by atoms with Gasteiger partial charge in [0, 0.05) is 72.8 Å². The molecular weight excluding hydrogens is 837 g/mol. The van der Waals surface area contributed by atoms with Crippen LogP contribution in [0.3, 0.4) is 0 Å². The first-order valence-corrected chi connectivity index (χ1v) is 25.3. The molecule has 2 heterocycles. The van der Waals surface area contributed by atoms with Gasteiger partial charge in [-0.3, -0.25) is 19.3 Å². The van der Waals surface area contributed by atoms with Gasteiger partial charge in [-0.2, -0.15) is 10.1 Å². The summed E-state index contributed by atoms with van der Waals surface area (Å²) in [5.41, 5.74) is -1.44. The number of quaternary nitrogens is 2. The lowest BCUT2D eigenvalue weighted by Crippen LogP contribution is -2.69. The Kier molecular flexibility index (Phi) is 20.3. The van der Waals surface area contributed by atoms with Gasteiger partial charge in [-0.25, -0.2) is 9.59 Å². The Labute approximate surface area is 400 Å². The summed E-state index contributed by atoms with van der Waals surface area (Å²) in [6.45, 7) is 34.2. The minimum atomic E-state index is -0.699. The Balaban J connectivity index is 1.69. The molecule has 2 amide bonds. The van der Waals surface area contributed by atoms with E-state index in [-0.39, 0.29) is 23.7 Å². The van der Waals surface area contributed by atoms with Crippen LogP contribution in [-0.4, -0.2) is 157 Å². The van der Waals surface area contributed by atoms with Crippen molar-refractivity contribution in [2.45, 2.75) is 195 Å². The van der Waals surface area contributed by atoms with Crippen molar-refractivity contribution in [3.8, 4) is 0 Å². The largest absolute Gasteiger partial charge is 0.458 e. The number of benzene rings is 1. The number of esters is 2. The Morgan fingerprint density at radius 2 is 0.924 bits per heavy atom. The first kappa shape index (κ1) is 57.2. The summed E-state index contributed by atoms with van der Waals surface area (Å²) >= 11 is 0. The van der Waals surface area contributed by atoms with Gasteiger partial charge in [-0.1, -0.05) is 41.5 Å². The van der Waals surface area contributed by atoms with Crippen LogP contribution in [0.2, 0.25) is 0 Å². The summed E-state index contributed by atoms with van der Waals surface area (Å²) in [6.07, 6.45) is 3.42. The van der Waals surface area contributed by atoms with Crippen LogP contribution in [0.5, 0.6) is 0 Å². The van der Waals surface area contributed by atoms with E-state index >= 15 is 0 Å². The summed E-state index contributed by atoms with van der Waals surface area (Å²) in [5.74, 6) is -1.46. The van der Waals surface area contributed by atoms with Gasteiger partial charge in [0.2, 0.25) is 0 Å². The molecule has 66 heavy (non-hydrogen) atoms. The van der Waals surface area contributed by atoms with Gasteiger partial charge in [-0.05, 0) is 105 Å². The number of rotatable bonds is 24. The highest BCUT2D eigenvalue weighted by Gasteiger charge is 2.57. The van der Waals surface area contributed by atoms with Crippen molar-refractivity contribution in [2.24, 2.45) is 11.8 Å². The van der Waals surface area contributed by atoms with Gasteiger partial charge in [0.05, 0.1) is 65.5 Å². The fraction of sp³-hybridized carbons (Fsp3) is 0.808. The summed E-state index contributed by atoms with van der Waals surface area (Å²) in [7, 11) is 8.76. The van der Waals surface area contributed by atoms with Crippen molar-refractivity contribution >= 4 is 23.8 Å². The second-order valence-corrected chi connectivity index (χ2v) is 21.9. The van der Waals surface area contributed by atoms with Gasteiger partial charge in [-0.15, -0.1) is 0 Å². The van der Waals surface area contributed by atoms with Crippen LogP contribution in [0.15, 0.2) is 24.3 Å². The van der Waals surface area contributed by atoms with Gasteiger partial charge in [0.1, 0.15) is 12.2 Å². The molecule has 0 aromatic heterocycles. The molecule has 1 aromatic carbocycles. The number of ether oxygens (including phenoxy) is 2. The highest BCUT2D eigenvalue weighted by Crippen LogP contribution is 2.49. The number of hydrogen-bond acceptors (Lipinski definition) is 10. The van der Waals surface area contributed by atoms with Crippen LogP contribution in [0.25, 0.3) is 0 Å².